The summed E-state index contributed by atoms with van der Waals surface area (Å²) in [6, 6.07) is 4.69. The molecule has 0 radical (unpaired) electrons. The van der Waals surface area contributed by atoms with Gasteiger partial charge in [0.25, 0.3) is 0 Å². The fourth-order valence-corrected chi connectivity index (χ4v) is 2.62. The van der Waals surface area contributed by atoms with Crippen molar-refractivity contribution in [2.75, 3.05) is 17.7 Å². The molecule has 3 nitrogen and oxygen atoms in total. The van der Waals surface area contributed by atoms with Crippen LogP contribution in [0.5, 0.6) is 0 Å². The van der Waals surface area contributed by atoms with Gasteiger partial charge in [0.05, 0.1) is 0 Å². The molecule has 0 spiro atoms. The fourth-order valence-electron chi connectivity index (χ4n) is 2.62. The molecule has 1 heterocycles. The second-order valence-corrected chi connectivity index (χ2v) is 5.61. The van der Waals surface area contributed by atoms with Crippen molar-refractivity contribution in [2.24, 2.45) is 5.41 Å². The molecule has 1 fully saturated rings. The van der Waals surface area contributed by atoms with Crippen LogP contribution in [0.25, 0.3) is 0 Å². The quantitative estimate of drug-likeness (QED) is 0.839. The van der Waals surface area contributed by atoms with E-state index in [1.165, 1.54) is 31.4 Å². The Hall–Kier alpha value is -1.25. The number of nitrogens with zero attached hydrogens (tertiary/aromatic N) is 1. The van der Waals surface area contributed by atoms with Crippen LogP contribution in [0.3, 0.4) is 0 Å². The zero-order chi connectivity index (χ0) is 12.3. The summed E-state index contributed by atoms with van der Waals surface area (Å²) in [6.07, 6.45) is 7.14. The lowest BCUT2D eigenvalue weighted by atomic mass is 9.73. The van der Waals surface area contributed by atoms with Crippen molar-refractivity contribution in [3.05, 3.63) is 18.3 Å². The van der Waals surface area contributed by atoms with Gasteiger partial charge in [0, 0.05) is 31.0 Å². The van der Waals surface area contributed by atoms with E-state index < -0.39 is 0 Å². The summed E-state index contributed by atoms with van der Waals surface area (Å²) in [5.74, 6) is 0.920. The zero-order valence-electron chi connectivity index (χ0n) is 11.1. The first kappa shape index (κ1) is 12.2. The van der Waals surface area contributed by atoms with Gasteiger partial charge in [-0.2, -0.15) is 0 Å². The molecule has 0 bridgehead atoms. The second-order valence-electron chi connectivity index (χ2n) is 5.61. The van der Waals surface area contributed by atoms with Crippen molar-refractivity contribution >= 4 is 11.5 Å². The van der Waals surface area contributed by atoms with Crippen molar-refractivity contribution in [1.82, 2.24) is 4.98 Å². The number of rotatable bonds is 3. The van der Waals surface area contributed by atoms with Crippen LogP contribution in [0, 0.1) is 5.41 Å². The van der Waals surface area contributed by atoms with Gasteiger partial charge < -0.3 is 10.6 Å². The minimum absolute atomic E-state index is 0.390. The fraction of sp³-hybridized carbons (Fsp3) is 0.643. The Labute approximate surface area is 104 Å². The maximum Gasteiger partial charge on any atom is 0.127 e. The number of anilines is 2. The van der Waals surface area contributed by atoms with Crippen LogP contribution in [0.2, 0.25) is 0 Å². The third kappa shape index (κ3) is 2.90. The lowest BCUT2D eigenvalue weighted by Gasteiger charge is -2.39. The van der Waals surface area contributed by atoms with E-state index in [4.69, 9.17) is 0 Å². The Morgan fingerprint density at radius 3 is 2.88 bits per heavy atom. The van der Waals surface area contributed by atoms with E-state index in [0.29, 0.717) is 11.5 Å². The predicted octanol–water partition coefficient (Wildman–Crippen LogP) is 3.50. The lowest BCUT2D eigenvalue weighted by molar-refractivity contribution is 0.217. The van der Waals surface area contributed by atoms with E-state index in [-0.39, 0.29) is 0 Å². The summed E-state index contributed by atoms with van der Waals surface area (Å²) >= 11 is 0. The van der Waals surface area contributed by atoms with Crippen molar-refractivity contribution < 1.29 is 0 Å². The molecule has 94 valence electrons. The number of aromatic nitrogens is 1. The average Bonchev–Trinajstić information content (AvgIpc) is 2.32. The molecule has 2 N–H and O–H groups in total. The van der Waals surface area contributed by atoms with Crippen LogP contribution in [0.15, 0.2) is 18.3 Å². The van der Waals surface area contributed by atoms with Gasteiger partial charge in [0.15, 0.2) is 0 Å². The van der Waals surface area contributed by atoms with Gasteiger partial charge in [0.1, 0.15) is 5.82 Å². The molecule has 1 saturated carbocycles. The summed E-state index contributed by atoms with van der Waals surface area (Å²) in [7, 11) is 1.90. The normalized spacial score (nSPS) is 23.1. The monoisotopic (exact) mass is 233 g/mol. The van der Waals surface area contributed by atoms with E-state index in [2.05, 4.69) is 35.5 Å². The summed E-state index contributed by atoms with van der Waals surface area (Å²) in [6.45, 7) is 4.73. The van der Waals surface area contributed by atoms with Crippen LogP contribution in [-0.4, -0.2) is 18.1 Å². The van der Waals surface area contributed by atoms with Gasteiger partial charge in [-0.1, -0.05) is 26.7 Å². The third-order valence-electron chi connectivity index (χ3n) is 3.86. The Balaban J connectivity index is 2.08. The van der Waals surface area contributed by atoms with Gasteiger partial charge in [0.2, 0.25) is 0 Å². The number of hydrogen-bond acceptors (Lipinski definition) is 3. The molecule has 1 atom stereocenters. The Kier molecular flexibility index (Phi) is 3.55. The molecule has 0 aromatic carbocycles. The van der Waals surface area contributed by atoms with E-state index in [1.54, 1.807) is 0 Å². The predicted molar refractivity (Wildman–Crippen MR) is 73.4 cm³/mol. The van der Waals surface area contributed by atoms with Crippen LogP contribution in [-0.2, 0) is 0 Å². The smallest absolute Gasteiger partial charge is 0.127 e. The molecule has 0 amide bonds. The van der Waals surface area contributed by atoms with Gasteiger partial charge in [-0.05, 0) is 24.3 Å². The highest BCUT2D eigenvalue weighted by atomic mass is 15.0. The molecular formula is C14H23N3. The van der Waals surface area contributed by atoms with E-state index in [1.807, 2.05) is 19.3 Å². The summed E-state index contributed by atoms with van der Waals surface area (Å²) < 4.78 is 0. The number of nitrogens with one attached hydrogen (secondary N) is 2. The molecule has 1 aliphatic rings. The lowest BCUT2D eigenvalue weighted by Crippen LogP contribution is -2.38. The molecule has 1 aliphatic carbocycles. The van der Waals surface area contributed by atoms with Gasteiger partial charge >= 0.3 is 0 Å². The largest absolute Gasteiger partial charge is 0.382 e. The second kappa shape index (κ2) is 4.94. The first-order valence-corrected chi connectivity index (χ1v) is 6.52. The maximum atomic E-state index is 4.24. The van der Waals surface area contributed by atoms with Crippen molar-refractivity contribution in [3.63, 3.8) is 0 Å². The molecule has 0 aliphatic heterocycles. The van der Waals surface area contributed by atoms with E-state index in [0.717, 1.165) is 5.82 Å². The van der Waals surface area contributed by atoms with Crippen molar-refractivity contribution in [3.8, 4) is 0 Å². The van der Waals surface area contributed by atoms with Gasteiger partial charge in [-0.25, -0.2) is 4.98 Å². The highest BCUT2D eigenvalue weighted by Gasteiger charge is 2.31. The molecule has 1 aromatic heterocycles. The van der Waals surface area contributed by atoms with Crippen LogP contribution < -0.4 is 10.6 Å². The molecule has 17 heavy (non-hydrogen) atoms. The maximum absolute atomic E-state index is 4.24. The minimum Gasteiger partial charge on any atom is -0.382 e. The average molecular weight is 233 g/mol. The summed E-state index contributed by atoms with van der Waals surface area (Å²) in [4.78, 5) is 4.24. The first-order valence-electron chi connectivity index (χ1n) is 6.52. The summed E-state index contributed by atoms with van der Waals surface area (Å²) in [5.41, 5.74) is 1.56. The van der Waals surface area contributed by atoms with Gasteiger partial charge in [-0.15, -0.1) is 0 Å². The highest BCUT2D eigenvalue weighted by Crippen LogP contribution is 2.37. The number of hydrogen-bond donors (Lipinski definition) is 2. The molecule has 0 saturated heterocycles. The topological polar surface area (TPSA) is 37.0 Å². The highest BCUT2D eigenvalue weighted by molar-refractivity contribution is 5.52. The molecule has 3 heteroatoms. The Morgan fingerprint density at radius 1 is 1.35 bits per heavy atom. The number of pyridine rings is 1. The first-order chi connectivity index (χ1) is 8.12. The molecule has 2 rings (SSSR count). The Morgan fingerprint density at radius 2 is 2.18 bits per heavy atom. The van der Waals surface area contributed by atoms with Crippen molar-refractivity contribution in [2.45, 2.75) is 45.6 Å². The van der Waals surface area contributed by atoms with E-state index in [9.17, 15) is 0 Å². The minimum atomic E-state index is 0.390. The zero-order valence-corrected chi connectivity index (χ0v) is 11.1. The molecular weight excluding hydrogens is 210 g/mol. The van der Waals surface area contributed by atoms with Crippen LogP contribution in [0.1, 0.15) is 39.5 Å². The van der Waals surface area contributed by atoms with Crippen LogP contribution >= 0.6 is 0 Å². The third-order valence-corrected chi connectivity index (χ3v) is 3.86. The molecule has 1 aromatic rings. The van der Waals surface area contributed by atoms with E-state index >= 15 is 0 Å². The van der Waals surface area contributed by atoms with Crippen molar-refractivity contribution in [1.29, 1.82) is 0 Å². The molecule has 1 unspecified atom stereocenters. The SMILES string of the molecule is CNc1cc(NC2CCCCC2(C)C)ccn1. The standard InChI is InChI=1S/C14H23N3/c1-14(2)8-5-4-6-12(14)17-11-7-9-16-13(10-11)15-3/h7,9-10,12H,4-6,8H2,1-3H3,(H2,15,16,17). The van der Waals surface area contributed by atoms with Crippen LogP contribution in [0.4, 0.5) is 11.5 Å². The van der Waals surface area contributed by atoms with Gasteiger partial charge in [-0.3, -0.25) is 0 Å². The summed E-state index contributed by atoms with van der Waals surface area (Å²) in [5, 5.41) is 6.74. The Bertz CT molecular complexity index is 373.